The van der Waals surface area contributed by atoms with E-state index in [1.807, 2.05) is 43.3 Å². The average Bonchev–Trinajstić information content (AvgIpc) is 2.78. The van der Waals surface area contributed by atoms with Gasteiger partial charge in [-0.1, -0.05) is 37.3 Å². The molecule has 0 bridgehead atoms. The lowest BCUT2D eigenvalue weighted by molar-refractivity contribution is 0.780. The summed E-state index contributed by atoms with van der Waals surface area (Å²) in [5.41, 5.74) is 1.10. The molecule has 0 unspecified atom stereocenters. The zero-order chi connectivity index (χ0) is 13.7. The number of rotatable bonds is 4. The molecular weight excluding hydrogens is 324 g/mol. The van der Waals surface area contributed by atoms with Crippen LogP contribution in [0.25, 0.3) is 6.08 Å². The van der Waals surface area contributed by atoms with Crippen molar-refractivity contribution in [2.45, 2.75) is 13.3 Å². The van der Waals surface area contributed by atoms with Crippen LogP contribution >= 0.6 is 28.1 Å². The van der Waals surface area contributed by atoms with Crippen LogP contribution in [0.2, 0.25) is 0 Å². The quantitative estimate of drug-likeness (QED) is 0.682. The molecule has 0 radical (unpaired) electrons. The molecular formula is C13H13BrN4S. The van der Waals surface area contributed by atoms with Gasteiger partial charge in [-0.05, 0) is 39.8 Å². The molecule has 0 amide bonds. The van der Waals surface area contributed by atoms with Crippen molar-refractivity contribution in [3.05, 3.63) is 51.0 Å². The maximum absolute atomic E-state index is 5.12. The monoisotopic (exact) mass is 336 g/mol. The highest BCUT2D eigenvalue weighted by Gasteiger charge is 2.00. The molecule has 1 N–H and O–H groups in total. The summed E-state index contributed by atoms with van der Waals surface area (Å²) in [6.07, 6.45) is 4.46. The van der Waals surface area contributed by atoms with Crippen LogP contribution in [0.3, 0.4) is 0 Å². The van der Waals surface area contributed by atoms with Crippen molar-refractivity contribution in [2.75, 3.05) is 0 Å². The van der Waals surface area contributed by atoms with Gasteiger partial charge in [0.15, 0.2) is 5.82 Å². The lowest BCUT2D eigenvalue weighted by atomic mass is 10.2. The SMILES string of the molecule is CCc1n[nH]c(=S)n1N=C/C(Br)=C/c1ccccc1. The second-order valence-corrected chi connectivity index (χ2v) is 5.10. The third kappa shape index (κ3) is 3.71. The highest BCUT2D eigenvalue weighted by Crippen LogP contribution is 2.10. The second-order valence-electron chi connectivity index (χ2n) is 3.79. The second kappa shape index (κ2) is 6.58. The summed E-state index contributed by atoms with van der Waals surface area (Å²) in [5, 5.41) is 11.1. The van der Waals surface area contributed by atoms with Crippen LogP contribution in [0, 0.1) is 4.77 Å². The van der Waals surface area contributed by atoms with Crippen LogP contribution in [0.4, 0.5) is 0 Å². The van der Waals surface area contributed by atoms with Crippen molar-refractivity contribution in [3.8, 4) is 0 Å². The summed E-state index contributed by atoms with van der Waals surface area (Å²) in [5.74, 6) is 0.807. The van der Waals surface area contributed by atoms with E-state index in [2.05, 4.69) is 31.2 Å². The first kappa shape index (κ1) is 13.9. The Hall–Kier alpha value is -1.53. The van der Waals surface area contributed by atoms with Gasteiger partial charge in [0.1, 0.15) is 0 Å². The molecule has 0 aliphatic carbocycles. The van der Waals surface area contributed by atoms with E-state index in [1.165, 1.54) is 0 Å². The summed E-state index contributed by atoms with van der Waals surface area (Å²) in [4.78, 5) is 0. The maximum atomic E-state index is 5.12. The molecule has 1 aromatic carbocycles. The third-order valence-corrected chi connectivity index (χ3v) is 3.13. The lowest BCUT2D eigenvalue weighted by Crippen LogP contribution is -1.96. The molecule has 1 aromatic heterocycles. The summed E-state index contributed by atoms with van der Waals surface area (Å²) in [6, 6.07) is 10.0. The standard InChI is InChI=1S/C13H13BrN4S/c1-2-12-16-17-13(19)18(12)15-9-11(14)8-10-6-4-3-5-7-10/h3-9H,2H2,1H3,(H,17,19)/b11-8-,15-9?. The Bertz CT molecular complexity index is 655. The lowest BCUT2D eigenvalue weighted by Gasteiger charge is -1.96. The largest absolute Gasteiger partial charge is 0.250 e. The molecule has 0 spiro atoms. The van der Waals surface area contributed by atoms with E-state index >= 15 is 0 Å². The summed E-state index contributed by atoms with van der Waals surface area (Å²) in [7, 11) is 0. The van der Waals surface area contributed by atoms with Gasteiger partial charge < -0.3 is 0 Å². The first-order valence-electron chi connectivity index (χ1n) is 5.83. The molecule has 0 fully saturated rings. The van der Waals surface area contributed by atoms with E-state index in [0.717, 1.165) is 22.3 Å². The molecule has 0 saturated heterocycles. The van der Waals surface area contributed by atoms with Crippen molar-refractivity contribution in [1.29, 1.82) is 0 Å². The van der Waals surface area contributed by atoms with Crippen molar-refractivity contribution < 1.29 is 0 Å². The van der Waals surface area contributed by atoms with Crippen molar-refractivity contribution >= 4 is 40.4 Å². The number of allylic oxidation sites excluding steroid dienone is 1. The molecule has 0 atom stereocenters. The summed E-state index contributed by atoms with van der Waals surface area (Å²) in [6.45, 7) is 2.01. The van der Waals surface area contributed by atoms with Gasteiger partial charge >= 0.3 is 0 Å². The van der Waals surface area contributed by atoms with Crippen molar-refractivity contribution in [2.24, 2.45) is 5.10 Å². The molecule has 0 saturated carbocycles. The van der Waals surface area contributed by atoms with Crippen LogP contribution in [0.5, 0.6) is 0 Å². The van der Waals surface area contributed by atoms with E-state index in [0.29, 0.717) is 4.77 Å². The van der Waals surface area contributed by atoms with Crippen LogP contribution < -0.4 is 0 Å². The molecule has 2 rings (SSSR count). The zero-order valence-electron chi connectivity index (χ0n) is 10.4. The Morgan fingerprint density at radius 3 is 2.89 bits per heavy atom. The predicted octanol–water partition coefficient (Wildman–Crippen LogP) is 3.77. The predicted molar refractivity (Wildman–Crippen MR) is 84.0 cm³/mol. The van der Waals surface area contributed by atoms with E-state index < -0.39 is 0 Å². The minimum absolute atomic E-state index is 0.494. The van der Waals surface area contributed by atoms with E-state index in [1.54, 1.807) is 10.9 Å². The number of nitrogens with one attached hydrogen (secondary N) is 1. The van der Waals surface area contributed by atoms with Crippen LogP contribution in [0.1, 0.15) is 18.3 Å². The molecule has 4 nitrogen and oxygen atoms in total. The molecule has 19 heavy (non-hydrogen) atoms. The zero-order valence-corrected chi connectivity index (χ0v) is 12.8. The number of aromatic nitrogens is 3. The Labute approximate surface area is 125 Å². The average molecular weight is 337 g/mol. The topological polar surface area (TPSA) is 46.0 Å². The summed E-state index contributed by atoms with van der Waals surface area (Å²) >= 11 is 8.58. The van der Waals surface area contributed by atoms with Crippen LogP contribution in [-0.2, 0) is 6.42 Å². The first-order chi connectivity index (χ1) is 9.20. The van der Waals surface area contributed by atoms with Gasteiger partial charge in [-0.3, -0.25) is 5.10 Å². The number of H-pyrrole nitrogens is 1. The minimum atomic E-state index is 0.494. The Morgan fingerprint density at radius 2 is 2.21 bits per heavy atom. The fourth-order valence-electron chi connectivity index (χ4n) is 1.53. The van der Waals surface area contributed by atoms with Crippen molar-refractivity contribution in [1.82, 2.24) is 14.9 Å². The number of aryl methyl sites for hydroxylation is 1. The Kier molecular flexibility index (Phi) is 4.81. The molecule has 0 aliphatic rings. The van der Waals surface area contributed by atoms with Gasteiger partial charge in [-0.2, -0.15) is 14.9 Å². The fourth-order valence-corrected chi connectivity index (χ4v) is 2.08. The number of hydrogen-bond acceptors (Lipinski definition) is 3. The summed E-state index contributed by atoms with van der Waals surface area (Å²) < 4.78 is 2.98. The minimum Gasteiger partial charge on any atom is -0.250 e. The first-order valence-corrected chi connectivity index (χ1v) is 7.03. The smallest absolute Gasteiger partial charge is 0.216 e. The number of nitrogens with zero attached hydrogens (tertiary/aromatic N) is 3. The molecule has 1 heterocycles. The molecule has 6 heteroatoms. The molecule has 98 valence electrons. The third-order valence-electron chi connectivity index (χ3n) is 2.43. The van der Waals surface area contributed by atoms with Crippen LogP contribution in [-0.4, -0.2) is 21.1 Å². The maximum Gasteiger partial charge on any atom is 0.216 e. The normalized spacial score (nSPS) is 12.2. The number of halogens is 1. The number of aromatic amines is 1. The van der Waals surface area contributed by atoms with E-state index in [9.17, 15) is 0 Å². The fraction of sp³-hybridized carbons (Fsp3) is 0.154. The molecule has 0 aliphatic heterocycles. The Morgan fingerprint density at radius 1 is 1.47 bits per heavy atom. The van der Waals surface area contributed by atoms with Gasteiger partial charge in [0.25, 0.3) is 0 Å². The van der Waals surface area contributed by atoms with Gasteiger partial charge in [-0.15, -0.1) is 0 Å². The van der Waals surface area contributed by atoms with E-state index in [-0.39, 0.29) is 0 Å². The van der Waals surface area contributed by atoms with Crippen molar-refractivity contribution in [3.63, 3.8) is 0 Å². The van der Waals surface area contributed by atoms with E-state index in [4.69, 9.17) is 12.2 Å². The van der Waals surface area contributed by atoms with Gasteiger partial charge in [0.2, 0.25) is 4.77 Å². The van der Waals surface area contributed by atoms with Gasteiger partial charge in [-0.25, -0.2) is 0 Å². The van der Waals surface area contributed by atoms with Gasteiger partial charge in [0.05, 0.1) is 6.21 Å². The van der Waals surface area contributed by atoms with Gasteiger partial charge in [0, 0.05) is 10.9 Å². The molecule has 2 aromatic rings. The Balaban J connectivity index is 2.21. The number of benzene rings is 1. The highest BCUT2D eigenvalue weighted by atomic mass is 79.9. The van der Waals surface area contributed by atoms with Crippen LogP contribution in [0.15, 0.2) is 39.9 Å². The highest BCUT2D eigenvalue weighted by molar-refractivity contribution is 9.12. The number of hydrogen-bond donors (Lipinski definition) is 1.